The highest BCUT2D eigenvalue weighted by atomic mass is 16.3. The SMILES string of the molecule is Cc1cc(C(=O)N[C@@H]2CCC[C@@H]2Cn2cc(CCO)nn2)nn1C. The van der Waals surface area contributed by atoms with E-state index in [1.54, 1.807) is 10.7 Å². The summed E-state index contributed by atoms with van der Waals surface area (Å²) in [6.07, 6.45) is 5.51. The summed E-state index contributed by atoms with van der Waals surface area (Å²) in [7, 11) is 1.83. The van der Waals surface area contributed by atoms with Crippen LogP contribution in [0.3, 0.4) is 0 Å². The molecule has 2 N–H and O–H groups in total. The van der Waals surface area contributed by atoms with Crippen molar-refractivity contribution in [1.29, 1.82) is 0 Å². The lowest BCUT2D eigenvalue weighted by molar-refractivity contribution is 0.0919. The van der Waals surface area contributed by atoms with Crippen LogP contribution >= 0.6 is 0 Å². The van der Waals surface area contributed by atoms with E-state index in [-0.39, 0.29) is 18.6 Å². The van der Waals surface area contributed by atoms with E-state index in [1.807, 2.05) is 24.9 Å². The number of hydrogen-bond acceptors (Lipinski definition) is 5. The molecule has 0 radical (unpaired) electrons. The smallest absolute Gasteiger partial charge is 0.272 e. The Kier molecular flexibility index (Phi) is 4.94. The summed E-state index contributed by atoms with van der Waals surface area (Å²) >= 11 is 0. The Morgan fingerprint density at radius 2 is 2.29 bits per heavy atom. The van der Waals surface area contributed by atoms with Gasteiger partial charge in [0.1, 0.15) is 5.69 Å². The third-order valence-corrected chi connectivity index (χ3v) is 4.70. The van der Waals surface area contributed by atoms with Crippen molar-refractivity contribution in [3.8, 4) is 0 Å². The van der Waals surface area contributed by atoms with Gasteiger partial charge >= 0.3 is 0 Å². The van der Waals surface area contributed by atoms with Crippen molar-refractivity contribution in [2.75, 3.05) is 6.61 Å². The molecular formula is C16H24N6O2. The first kappa shape index (κ1) is 16.6. The topological polar surface area (TPSA) is 97.9 Å². The van der Waals surface area contributed by atoms with Gasteiger partial charge in [-0.2, -0.15) is 5.10 Å². The average Bonchev–Trinajstić information content (AvgIpc) is 3.24. The fourth-order valence-electron chi connectivity index (χ4n) is 3.26. The largest absolute Gasteiger partial charge is 0.396 e. The number of aromatic nitrogens is 5. The normalized spacial score (nSPS) is 20.5. The lowest BCUT2D eigenvalue weighted by Crippen LogP contribution is -2.39. The van der Waals surface area contributed by atoms with Crippen LogP contribution in [-0.2, 0) is 20.0 Å². The van der Waals surface area contributed by atoms with Gasteiger partial charge in [0.25, 0.3) is 5.91 Å². The first-order chi connectivity index (χ1) is 11.6. The van der Waals surface area contributed by atoms with E-state index < -0.39 is 0 Å². The highest BCUT2D eigenvalue weighted by Crippen LogP contribution is 2.27. The number of rotatable bonds is 6. The van der Waals surface area contributed by atoms with Gasteiger partial charge in [0.05, 0.1) is 5.69 Å². The molecule has 0 aromatic carbocycles. The second-order valence-electron chi connectivity index (χ2n) is 6.47. The van der Waals surface area contributed by atoms with Gasteiger partial charge in [-0.05, 0) is 31.7 Å². The van der Waals surface area contributed by atoms with Crippen molar-refractivity contribution < 1.29 is 9.90 Å². The molecule has 0 aliphatic heterocycles. The fourth-order valence-corrected chi connectivity index (χ4v) is 3.26. The minimum absolute atomic E-state index is 0.0737. The molecule has 2 aromatic heterocycles. The number of carbonyl (C=O) groups is 1. The summed E-state index contributed by atoms with van der Waals surface area (Å²) in [4.78, 5) is 12.4. The number of aryl methyl sites for hydroxylation is 2. The highest BCUT2D eigenvalue weighted by molar-refractivity contribution is 5.92. The summed E-state index contributed by atoms with van der Waals surface area (Å²) in [6, 6.07) is 1.93. The predicted molar refractivity (Wildman–Crippen MR) is 87.4 cm³/mol. The van der Waals surface area contributed by atoms with Crippen LogP contribution in [0.2, 0.25) is 0 Å². The molecule has 1 fully saturated rings. The summed E-state index contributed by atoms with van der Waals surface area (Å²) in [5.74, 6) is 0.220. The molecule has 8 nitrogen and oxygen atoms in total. The van der Waals surface area contributed by atoms with Gasteiger partial charge in [0.15, 0.2) is 0 Å². The van der Waals surface area contributed by atoms with Gasteiger partial charge < -0.3 is 10.4 Å². The van der Waals surface area contributed by atoms with E-state index in [2.05, 4.69) is 20.7 Å². The molecule has 24 heavy (non-hydrogen) atoms. The Morgan fingerprint density at radius 1 is 1.46 bits per heavy atom. The van der Waals surface area contributed by atoms with Crippen molar-refractivity contribution in [1.82, 2.24) is 30.1 Å². The monoisotopic (exact) mass is 332 g/mol. The molecule has 130 valence electrons. The minimum Gasteiger partial charge on any atom is -0.396 e. The van der Waals surface area contributed by atoms with Crippen LogP contribution in [0.5, 0.6) is 0 Å². The quantitative estimate of drug-likeness (QED) is 0.800. The number of amides is 1. The molecule has 1 aliphatic rings. The van der Waals surface area contributed by atoms with Crippen molar-refractivity contribution in [2.45, 2.75) is 45.2 Å². The van der Waals surface area contributed by atoms with Gasteiger partial charge in [0, 0.05) is 44.6 Å². The first-order valence-electron chi connectivity index (χ1n) is 8.38. The van der Waals surface area contributed by atoms with Crippen LogP contribution in [0, 0.1) is 12.8 Å². The molecule has 8 heteroatoms. The number of aliphatic hydroxyl groups is 1. The summed E-state index contributed by atoms with van der Waals surface area (Å²) in [6.45, 7) is 2.73. The van der Waals surface area contributed by atoms with Crippen LogP contribution in [0.25, 0.3) is 0 Å². The van der Waals surface area contributed by atoms with E-state index in [0.717, 1.165) is 37.2 Å². The Balaban J connectivity index is 1.61. The van der Waals surface area contributed by atoms with E-state index in [0.29, 0.717) is 18.0 Å². The third-order valence-electron chi connectivity index (χ3n) is 4.70. The zero-order valence-electron chi connectivity index (χ0n) is 14.1. The van der Waals surface area contributed by atoms with Gasteiger partial charge in [-0.15, -0.1) is 5.10 Å². The van der Waals surface area contributed by atoms with Crippen molar-refractivity contribution in [3.63, 3.8) is 0 Å². The van der Waals surface area contributed by atoms with E-state index in [1.165, 1.54) is 0 Å². The molecular weight excluding hydrogens is 308 g/mol. The third kappa shape index (κ3) is 3.64. The number of nitrogens with zero attached hydrogens (tertiary/aromatic N) is 5. The molecule has 2 heterocycles. The maximum absolute atomic E-state index is 12.4. The summed E-state index contributed by atoms with van der Waals surface area (Å²) in [5, 5.41) is 24.5. The van der Waals surface area contributed by atoms with E-state index in [4.69, 9.17) is 5.11 Å². The molecule has 0 saturated heterocycles. The van der Waals surface area contributed by atoms with Gasteiger partial charge in [-0.3, -0.25) is 14.2 Å². The number of nitrogens with one attached hydrogen (secondary N) is 1. The van der Waals surface area contributed by atoms with Crippen LogP contribution < -0.4 is 5.32 Å². The zero-order valence-corrected chi connectivity index (χ0v) is 14.1. The predicted octanol–water partition coefficient (Wildman–Crippen LogP) is 0.454. The zero-order chi connectivity index (χ0) is 17.1. The number of carbonyl (C=O) groups excluding carboxylic acids is 1. The van der Waals surface area contributed by atoms with Crippen molar-refractivity contribution in [3.05, 3.63) is 29.3 Å². The van der Waals surface area contributed by atoms with Crippen LogP contribution in [-0.4, -0.2) is 48.4 Å². The molecule has 1 saturated carbocycles. The summed E-state index contributed by atoms with van der Waals surface area (Å²) in [5.41, 5.74) is 2.22. The van der Waals surface area contributed by atoms with E-state index in [9.17, 15) is 4.79 Å². The molecule has 1 amide bonds. The maximum atomic E-state index is 12.4. The molecule has 0 spiro atoms. The number of hydrogen-bond donors (Lipinski definition) is 2. The fraction of sp³-hybridized carbons (Fsp3) is 0.625. The Bertz CT molecular complexity index is 688. The van der Waals surface area contributed by atoms with Crippen LogP contribution in [0.15, 0.2) is 12.3 Å². The Labute approximate surface area is 140 Å². The molecule has 0 bridgehead atoms. The van der Waals surface area contributed by atoms with Gasteiger partial charge in [0.2, 0.25) is 0 Å². The molecule has 2 atom stereocenters. The van der Waals surface area contributed by atoms with Crippen molar-refractivity contribution >= 4 is 5.91 Å². The Morgan fingerprint density at radius 3 is 3.00 bits per heavy atom. The standard InChI is InChI=1S/C16H24N6O2/c1-11-8-15(19-21(11)2)16(24)17-14-5-3-4-12(14)9-22-10-13(6-7-23)18-20-22/h8,10,12,14,23H,3-7,9H2,1-2H3,(H,17,24)/t12-,14-/m1/s1. The first-order valence-corrected chi connectivity index (χ1v) is 8.38. The molecule has 2 aromatic rings. The van der Waals surface area contributed by atoms with Crippen LogP contribution in [0.4, 0.5) is 0 Å². The summed E-state index contributed by atoms with van der Waals surface area (Å²) < 4.78 is 3.52. The lowest BCUT2D eigenvalue weighted by atomic mass is 10.0. The lowest BCUT2D eigenvalue weighted by Gasteiger charge is -2.20. The average molecular weight is 332 g/mol. The van der Waals surface area contributed by atoms with E-state index >= 15 is 0 Å². The molecule has 0 unspecified atom stereocenters. The minimum atomic E-state index is -0.116. The molecule has 1 aliphatic carbocycles. The highest BCUT2D eigenvalue weighted by Gasteiger charge is 2.30. The van der Waals surface area contributed by atoms with Crippen molar-refractivity contribution in [2.24, 2.45) is 13.0 Å². The van der Waals surface area contributed by atoms with Gasteiger partial charge in [-0.25, -0.2) is 0 Å². The maximum Gasteiger partial charge on any atom is 0.272 e. The second kappa shape index (κ2) is 7.12. The van der Waals surface area contributed by atoms with Crippen LogP contribution in [0.1, 0.15) is 41.1 Å². The second-order valence-corrected chi connectivity index (χ2v) is 6.47. The molecule has 3 rings (SSSR count). The Hall–Kier alpha value is -2.22. The number of aliphatic hydroxyl groups excluding tert-OH is 1. The van der Waals surface area contributed by atoms with Gasteiger partial charge in [-0.1, -0.05) is 11.6 Å².